The number of benzene rings is 5. The van der Waals surface area contributed by atoms with Crippen molar-refractivity contribution in [2.45, 2.75) is 91.0 Å². The van der Waals surface area contributed by atoms with E-state index in [-0.39, 0.29) is 10.1 Å². The molecule has 0 aliphatic rings. The number of hydrogen-bond acceptors (Lipinski definition) is 7. The molecule has 0 saturated carbocycles. The molecule has 284 valence electrons. The minimum absolute atomic E-state index is 0.0941. The lowest BCUT2D eigenvalue weighted by Gasteiger charge is -2.36. The van der Waals surface area contributed by atoms with Crippen molar-refractivity contribution in [1.82, 2.24) is 0 Å². The number of ether oxygens (including phenoxy) is 3. The smallest absolute Gasteiger partial charge is 0.344 e. The molecule has 0 amide bonds. The lowest BCUT2D eigenvalue weighted by atomic mass is 9.97. The lowest BCUT2D eigenvalue weighted by Crippen LogP contribution is -2.40. The summed E-state index contributed by atoms with van der Waals surface area (Å²) in [6, 6.07) is 31.7. The van der Waals surface area contributed by atoms with Crippen molar-refractivity contribution in [3.63, 3.8) is 0 Å². The first-order chi connectivity index (χ1) is 25.3. The van der Waals surface area contributed by atoms with Gasteiger partial charge in [-0.3, -0.25) is 0 Å². The largest absolute Gasteiger partial charge is 0.493 e. The summed E-state index contributed by atoms with van der Waals surface area (Å²) in [5, 5.41) is 1.86. The molecule has 5 aromatic carbocycles. The molecule has 9 heteroatoms. The molecule has 7 nitrogen and oxygen atoms in total. The maximum atomic E-state index is 13.5. The molecular weight excluding hydrogens is 709 g/mol. The first-order valence-corrected chi connectivity index (χ1v) is 24.2. The molecule has 0 saturated heterocycles. The molecule has 0 fully saturated rings. The molecular formula is C45H54O7Si2. The van der Waals surface area contributed by atoms with Gasteiger partial charge < -0.3 is 23.1 Å². The van der Waals surface area contributed by atoms with E-state index >= 15 is 0 Å². The number of esters is 2. The number of fused-ring (bicyclic) bond motifs is 1. The summed E-state index contributed by atoms with van der Waals surface area (Å²) in [4.78, 5) is 26.9. The zero-order valence-electron chi connectivity index (χ0n) is 33.6. The standard InChI is InChI=1S/C45H54O7Si2/c1-44(2,3)53(8,9)49-29-31-18-23-37(24-19-31)51-43(47)38-17-13-14-33-21-22-35(28-39(33)38)34-15-12-16-36(27-34)42(46)52-40-25-20-32(26-41(40)48-7)30-50-54(10,11)45(4,5)6/h12-28H,29-30H2,1-11H3. The van der Waals surface area contributed by atoms with Gasteiger partial charge in [-0.05, 0) is 118 Å². The zero-order valence-corrected chi connectivity index (χ0v) is 35.6. The fraction of sp³-hybridized carbons (Fsp3) is 0.333. The van der Waals surface area contributed by atoms with Gasteiger partial charge >= 0.3 is 11.9 Å². The Morgan fingerprint density at radius 1 is 0.574 bits per heavy atom. The van der Waals surface area contributed by atoms with Gasteiger partial charge in [0.1, 0.15) is 5.75 Å². The van der Waals surface area contributed by atoms with Crippen LogP contribution in [0.3, 0.4) is 0 Å². The van der Waals surface area contributed by atoms with E-state index in [4.69, 9.17) is 23.1 Å². The molecule has 54 heavy (non-hydrogen) atoms. The van der Waals surface area contributed by atoms with Crippen LogP contribution in [0.15, 0.2) is 103 Å². The summed E-state index contributed by atoms with van der Waals surface area (Å²) in [6.45, 7) is 23.2. The van der Waals surface area contributed by atoms with E-state index in [1.54, 1.807) is 43.5 Å². The molecule has 0 heterocycles. The summed E-state index contributed by atoms with van der Waals surface area (Å²) >= 11 is 0. The number of hydrogen-bond donors (Lipinski definition) is 0. The average molecular weight is 763 g/mol. The van der Waals surface area contributed by atoms with E-state index in [0.717, 1.165) is 33.0 Å². The Labute approximate surface area is 322 Å². The van der Waals surface area contributed by atoms with Gasteiger partial charge in [0, 0.05) is 0 Å². The predicted octanol–water partition coefficient (Wildman–Crippen LogP) is 12.0. The molecule has 0 N–H and O–H groups in total. The molecule has 0 unspecified atom stereocenters. The van der Waals surface area contributed by atoms with Crippen molar-refractivity contribution in [3.05, 3.63) is 125 Å². The summed E-state index contributed by atoms with van der Waals surface area (Å²) in [5.74, 6) is 0.277. The summed E-state index contributed by atoms with van der Waals surface area (Å²) < 4.78 is 30.0. The van der Waals surface area contributed by atoms with E-state index in [1.165, 1.54) is 0 Å². The molecule has 0 atom stereocenters. The summed E-state index contributed by atoms with van der Waals surface area (Å²) in [6.07, 6.45) is 0. The third kappa shape index (κ3) is 9.57. The average Bonchev–Trinajstić information content (AvgIpc) is 3.12. The Morgan fingerprint density at radius 2 is 1.17 bits per heavy atom. The topological polar surface area (TPSA) is 80.3 Å². The maximum Gasteiger partial charge on any atom is 0.344 e. The summed E-state index contributed by atoms with van der Waals surface area (Å²) in [7, 11) is -2.27. The van der Waals surface area contributed by atoms with Crippen LogP contribution in [0.2, 0.25) is 36.3 Å². The van der Waals surface area contributed by atoms with Gasteiger partial charge in [0.25, 0.3) is 0 Å². The minimum atomic E-state index is -1.94. The zero-order chi connectivity index (χ0) is 39.5. The van der Waals surface area contributed by atoms with Crippen LogP contribution in [-0.2, 0) is 22.1 Å². The van der Waals surface area contributed by atoms with Gasteiger partial charge in [-0.15, -0.1) is 0 Å². The van der Waals surface area contributed by atoms with Crippen LogP contribution in [-0.4, -0.2) is 35.7 Å². The van der Waals surface area contributed by atoms with E-state index in [2.05, 4.69) is 67.7 Å². The summed E-state index contributed by atoms with van der Waals surface area (Å²) in [5.41, 5.74) is 4.44. The molecule has 5 aromatic rings. The van der Waals surface area contributed by atoms with Crippen molar-refractivity contribution in [3.8, 4) is 28.4 Å². The molecule has 5 rings (SSSR count). The third-order valence-electron chi connectivity index (χ3n) is 10.9. The fourth-order valence-electron chi connectivity index (χ4n) is 5.28. The Kier molecular flexibility index (Phi) is 12.1. The van der Waals surface area contributed by atoms with Gasteiger partial charge in [-0.25, -0.2) is 9.59 Å². The SMILES string of the molecule is COc1cc(CO[Si](C)(C)C(C)(C)C)ccc1OC(=O)c1cccc(-c2ccc3cccc(C(=O)Oc4ccc(CO[Si](C)(C)C(C)(C)C)cc4)c3c2)c1. The highest BCUT2D eigenvalue weighted by Gasteiger charge is 2.38. The second-order valence-electron chi connectivity index (χ2n) is 16.8. The van der Waals surface area contributed by atoms with Crippen molar-refractivity contribution in [2.75, 3.05) is 7.11 Å². The predicted molar refractivity (Wildman–Crippen MR) is 223 cm³/mol. The van der Waals surface area contributed by atoms with Crippen molar-refractivity contribution in [1.29, 1.82) is 0 Å². The first-order valence-electron chi connectivity index (χ1n) is 18.4. The molecule has 0 spiro atoms. The number of rotatable bonds is 12. The lowest BCUT2D eigenvalue weighted by molar-refractivity contribution is 0.0723. The molecule has 0 aromatic heterocycles. The quantitative estimate of drug-likeness (QED) is 0.0711. The van der Waals surface area contributed by atoms with Gasteiger partial charge in [0.05, 0.1) is 31.5 Å². The van der Waals surface area contributed by atoms with E-state index in [1.807, 2.05) is 66.7 Å². The fourth-order valence-corrected chi connectivity index (χ4v) is 7.20. The van der Waals surface area contributed by atoms with Crippen LogP contribution < -0.4 is 14.2 Å². The molecule has 0 bridgehead atoms. The van der Waals surface area contributed by atoms with E-state index in [0.29, 0.717) is 41.6 Å². The number of methoxy groups -OCH3 is 1. The highest BCUT2D eigenvalue weighted by atomic mass is 28.4. The minimum Gasteiger partial charge on any atom is -0.493 e. The Bertz CT molecular complexity index is 2120. The van der Waals surface area contributed by atoms with Crippen LogP contribution in [0.5, 0.6) is 17.2 Å². The first kappa shape index (κ1) is 40.6. The van der Waals surface area contributed by atoms with Gasteiger partial charge in [0.15, 0.2) is 28.1 Å². The normalized spacial score (nSPS) is 12.4. The van der Waals surface area contributed by atoms with Crippen molar-refractivity contribution in [2.24, 2.45) is 0 Å². The molecule has 0 radical (unpaired) electrons. The van der Waals surface area contributed by atoms with Gasteiger partial charge in [-0.2, -0.15) is 0 Å². The van der Waals surface area contributed by atoms with Crippen LogP contribution in [0.4, 0.5) is 0 Å². The monoisotopic (exact) mass is 762 g/mol. The Hall–Kier alpha value is -4.55. The Morgan fingerprint density at radius 3 is 1.80 bits per heavy atom. The van der Waals surface area contributed by atoms with Gasteiger partial charge in [-0.1, -0.05) is 96.1 Å². The highest BCUT2D eigenvalue weighted by molar-refractivity contribution is 6.74. The van der Waals surface area contributed by atoms with Crippen molar-refractivity contribution >= 4 is 39.3 Å². The number of carbonyl (C=O) groups is 2. The van der Waals surface area contributed by atoms with E-state index < -0.39 is 28.6 Å². The van der Waals surface area contributed by atoms with Crippen LogP contribution >= 0.6 is 0 Å². The third-order valence-corrected chi connectivity index (χ3v) is 19.9. The Balaban J connectivity index is 1.30. The highest BCUT2D eigenvalue weighted by Crippen LogP contribution is 2.39. The van der Waals surface area contributed by atoms with Crippen LogP contribution in [0, 0.1) is 0 Å². The van der Waals surface area contributed by atoms with E-state index in [9.17, 15) is 9.59 Å². The van der Waals surface area contributed by atoms with Crippen LogP contribution in [0.1, 0.15) is 73.4 Å². The second-order valence-corrected chi connectivity index (χ2v) is 26.4. The molecule has 0 aliphatic carbocycles. The number of carbonyl (C=O) groups excluding carboxylic acids is 2. The van der Waals surface area contributed by atoms with Crippen LogP contribution in [0.25, 0.3) is 21.9 Å². The van der Waals surface area contributed by atoms with Crippen molar-refractivity contribution < 1.29 is 32.7 Å². The maximum absolute atomic E-state index is 13.5. The molecule has 0 aliphatic heterocycles. The second kappa shape index (κ2) is 16.0. The van der Waals surface area contributed by atoms with Gasteiger partial charge in [0.2, 0.25) is 0 Å².